The van der Waals surface area contributed by atoms with Gasteiger partial charge in [0, 0.05) is 12.0 Å². The quantitative estimate of drug-likeness (QED) is 0.700. The molecule has 0 bridgehead atoms. The third-order valence-corrected chi connectivity index (χ3v) is 6.08. The summed E-state index contributed by atoms with van der Waals surface area (Å²) in [6.45, 7) is 11.9. The molecule has 0 spiro atoms. The molecule has 7 heteroatoms. The number of rotatable bonds is 6. The number of aryl methyl sites for hydroxylation is 2. The van der Waals surface area contributed by atoms with Gasteiger partial charge in [0.1, 0.15) is 6.04 Å². The lowest BCUT2D eigenvalue weighted by Gasteiger charge is -2.32. The molecule has 1 aliphatic heterocycles. The summed E-state index contributed by atoms with van der Waals surface area (Å²) in [4.78, 5) is 24.6. The van der Waals surface area contributed by atoms with Gasteiger partial charge in [0.05, 0.1) is 11.2 Å². The highest BCUT2D eigenvalue weighted by Crippen LogP contribution is 2.36. The second-order valence-corrected chi connectivity index (χ2v) is 9.34. The molecule has 0 unspecified atom stereocenters. The SMILES string of the molecule is Cc1cc(C)cc(C(=O)N[C@@H](Cc2ccc(B3OC(C)(C)C(C)(C)O3)cc2)C(N)=O)c1. The van der Waals surface area contributed by atoms with E-state index in [0.717, 1.165) is 22.2 Å². The first-order valence-corrected chi connectivity index (χ1v) is 10.5. The summed E-state index contributed by atoms with van der Waals surface area (Å²) in [5.41, 5.74) is 9.01. The number of nitrogens with two attached hydrogens (primary N) is 1. The molecule has 1 saturated heterocycles. The van der Waals surface area contributed by atoms with Crippen molar-refractivity contribution in [1.29, 1.82) is 0 Å². The van der Waals surface area contributed by atoms with Crippen LogP contribution in [0.4, 0.5) is 0 Å². The van der Waals surface area contributed by atoms with Gasteiger partial charge in [-0.2, -0.15) is 0 Å². The highest BCUT2D eigenvalue weighted by atomic mass is 16.7. The summed E-state index contributed by atoms with van der Waals surface area (Å²) in [6, 6.07) is 12.4. The molecule has 164 valence electrons. The first-order valence-electron chi connectivity index (χ1n) is 10.5. The number of nitrogens with one attached hydrogen (secondary N) is 1. The normalized spacial score (nSPS) is 17.9. The largest absolute Gasteiger partial charge is 0.494 e. The van der Waals surface area contributed by atoms with Crippen molar-refractivity contribution < 1.29 is 18.9 Å². The van der Waals surface area contributed by atoms with Gasteiger partial charge >= 0.3 is 7.12 Å². The fourth-order valence-electron chi connectivity index (χ4n) is 3.60. The summed E-state index contributed by atoms with van der Waals surface area (Å²) < 4.78 is 12.2. The Labute approximate surface area is 184 Å². The van der Waals surface area contributed by atoms with Crippen LogP contribution >= 0.6 is 0 Å². The first kappa shape index (κ1) is 23.0. The van der Waals surface area contributed by atoms with Crippen LogP contribution in [-0.2, 0) is 20.5 Å². The molecule has 1 aliphatic rings. The topological polar surface area (TPSA) is 90.7 Å². The third kappa shape index (κ3) is 5.17. The lowest BCUT2D eigenvalue weighted by atomic mass is 9.78. The highest BCUT2D eigenvalue weighted by Gasteiger charge is 2.51. The van der Waals surface area contributed by atoms with Gasteiger partial charge in [-0.15, -0.1) is 0 Å². The van der Waals surface area contributed by atoms with Crippen LogP contribution in [0.15, 0.2) is 42.5 Å². The predicted molar refractivity (Wildman–Crippen MR) is 122 cm³/mol. The van der Waals surface area contributed by atoms with Crippen molar-refractivity contribution in [2.45, 2.75) is 65.2 Å². The van der Waals surface area contributed by atoms with E-state index in [1.165, 1.54) is 0 Å². The molecule has 0 saturated carbocycles. The number of hydrogen-bond donors (Lipinski definition) is 2. The third-order valence-electron chi connectivity index (χ3n) is 6.08. The molecule has 2 aromatic carbocycles. The van der Waals surface area contributed by atoms with E-state index in [1.54, 1.807) is 12.1 Å². The van der Waals surface area contributed by atoms with Gasteiger partial charge in [-0.25, -0.2) is 0 Å². The molecule has 1 heterocycles. The maximum atomic E-state index is 12.7. The summed E-state index contributed by atoms with van der Waals surface area (Å²) in [6.07, 6.45) is 0.301. The average molecular weight is 422 g/mol. The molecule has 0 radical (unpaired) electrons. The minimum Gasteiger partial charge on any atom is -0.399 e. The van der Waals surface area contributed by atoms with Crippen LogP contribution in [0.25, 0.3) is 0 Å². The Bertz CT molecular complexity index is 949. The molecule has 2 aromatic rings. The van der Waals surface area contributed by atoms with E-state index in [4.69, 9.17) is 15.0 Å². The van der Waals surface area contributed by atoms with Gasteiger partial charge in [0.2, 0.25) is 5.91 Å². The molecule has 31 heavy (non-hydrogen) atoms. The highest BCUT2D eigenvalue weighted by molar-refractivity contribution is 6.62. The van der Waals surface area contributed by atoms with Gasteiger partial charge in [-0.1, -0.05) is 41.5 Å². The first-order chi connectivity index (χ1) is 14.4. The van der Waals surface area contributed by atoms with Crippen LogP contribution in [-0.4, -0.2) is 36.2 Å². The Morgan fingerprint density at radius 1 is 0.968 bits per heavy atom. The molecule has 3 N–H and O–H groups in total. The average Bonchev–Trinajstić information content (AvgIpc) is 2.88. The fraction of sp³-hybridized carbons (Fsp3) is 0.417. The van der Waals surface area contributed by atoms with Crippen LogP contribution in [0.1, 0.15) is 54.7 Å². The number of carbonyl (C=O) groups excluding carboxylic acids is 2. The van der Waals surface area contributed by atoms with E-state index in [1.807, 2.05) is 71.9 Å². The second-order valence-electron chi connectivity index (χ2n) is 9.34. The Balaban J connectivity index is 1.69. The molecule has 3 rings (SSSR count). The molecule has 2 amide bonds. The Morgan fingerprint density at radius 2 is 1.48 bits per heavy atom. The molecular weight excluding hydrogens is 391 g/mol. The monoisotopic (exact) mass is 422 g/mol. The van der Waals surface area contributed by atoms with Crippen LogP contribution in [0, 0.1) is 13.8 Å². The Hall–Kier alpha value is -2.64. The van der Waals surface area contributed by atoms with Crippen LogP contribution in [0.2, 0.25) is 0 Å². The van der Waals surface area contributed by atoms with Gasteiger partial charge in [0.15, 0.2) is 0 Å². The van der Waals surface area contributed by atoms with Gasteiger partial charge < -0.3 is 20.4 Å². The maximum absolute atomic E-state index is 12.7. The van der Waals surface area contributed by atoms with Crippen LogP contribution in [0.3, 0.4) is 0 Å². The van der Waals surface area contributed by atoms with Gasteiger partial charge in [-0.3, -0.25) is 9.59 Å². The summed E-state index contributed by atoms with van der Waals surface area (Å²) in [7, 11) is -0.449. The lowest BCUT2D eigenvalue weighted by Crippen LogP contribution is -2.46. The number of primary amides is 1. The van der Waals surface area contributed by atoms with E-state index in [-0.39, 0.29) is 5.91 Å². The molecular formula is C24H31BN2O4. The minimum absolute atomic E-state index is 0.301. The van der Waals surface area contributed by atoms with Crippen molar-refractivity contribution in [3.63, 3.8) is 0 Å². The van der Waals surface area contributed by atoms with E-state index < -0.39 is 30.3 Å². The zero-order valence-electron chi connectivity index (χ0n) is 19.1. The summed E-state index contributed by atoms with van der Waals surface area (Å²) in [5.74, 6) is -0.891. The number of hydrogen-bond acceptors (Lipinski definition) is 4. The molecule has 0 aliphatic carbocycles. The standard InChI is InChI=1S/C24H31BN2O4/c1-15-11-16(2)13-18(12-15)22(29)27-20(21(26)28)14-17-7-9-19(10-8-17)25-30-23(3,4)24(5,6)31-25/h7-13,20H,14H2,1-6H3,(H2,26,28)(H,27,29)/t20-/m0/s1. The number of amides is 2. The lowest BCUT2D eigenvalue weighted by molar-refractivity contribution is -0.119. The van der Waals surface area contributed by atoms with E-state index in [2.05, 4.69) is 5.32 Å². The van der Waals surface area contributed by atoms with Crippen LogP contribution < -0.4 is 16.5 Å². The van der Waals surface area contributed by atoms with Gasteiger partial charge in [-0.05, 0) is 64.7 Å². The van der Waals surface area contributed by atoms with Crippen molar-refractivity contribution in [2.75, 3.05) is 0 Å². The van der Waals surface area contributed by atoms with Crippen molar-refractivity contribution in [3.8, 4) is 0 Å². The number of carbonyl (C=O) groups is 2. The summed E-state index contributed by atoms with van der Waals surface area (Å²) in [5, 5.41) is 2.76. The van der Waals surface area contributed by atoms with E-state index >= 15 is 0 Å². The second kappa shape index (κ2) is 8.48. The fourth-order valence-corrected chi connectivity index (χ4v) is 3.60. The number of benzene rings is 2. The maximum Gasteiger partial charge on any atom is 0.494 e. The van der Waals surface area contributed by atoms with E-state index in [9.17, 15) is 9.59 Å². The van der Waals surface area contributed by atoms with Crippen molar-refractivity contribution in [1.82, 2.24) is 5.32 Å². The van der Waals surface area contributed by atoms with Crippen molar-refractivity contribution in [3.05, 3.63) is 64.7 Å². The molecule has 1 fully saturated rings. The predicted octanol–water partition coefficient (Wildman–Crippen LogP) is 2.43. The Morgan fingerprint density at radius 3 is 1.97 bits per heavy atom. The van der Waals surface area contributed by atoms with Crippen molar-refractivity contribution in [2.24, 2.45) is 5.73 Å². The molecule has 1 atom stereocenters. The van der Waals surface area contributed by atoms with Crippen LogP contribution in [0.5, 0.6) is 0 Å². The Kier molecular flexibility index (Phi) is 6.30. The minimum atomic E-state index is -0.809. The molecule has 0 aromatic heterocycles. The van der Waals surface area contributed by atoms with Gasteiger partial charge in [0.25, 0.3) is 5.91 Å². The summed E-state index contributed by atoms with van der Waals surface area (Å²) >= 11 is 0. The smallest absolute Gasteiger partial charge is 0.399 e. The molecule has 6 nitrogen and oxygen atoms in total. The zero-order chi connectivity index (χ0) is 23.0. The zero-order valence-corrected chi connectivity index (χ0v) is 19.1. The van der Waals surface area contributed by atoms with Crippen molar-refractivity contribution >= 4 is 24.4 Å². The van der Waals surface area contributed by atoms with E-state index in [0.29, 0.717) is 12.0 Å².